The number of nitrogens with one attached hydrogen (secondary N) is 1. The van der Waals surface area contributed by atoms with Crippen LogP contribution in [-0.2, 0) is 4.79 Å². The SMILES string of the molecule is CCCCN1C(=O)NCC(CC)(CC)C1=O. The third kappa shape index (κ3) is 2.20. The van der Waals surface area contributed by atoms with Crippen LogP contribution in [-0.4, -0.2) is 29.9 Å². The van der Waals surface area contributed by atoms with Gasteiger partial charge in [0.05, 0.1) is 5.41 Å². The summed E-state index contributed by atoms with van der Waals surface area (Å²) in [6.07, 6.45) is 3.43. The Bertz CT molecular complexity index is 272. The van der Waals surface area contributed by atoms with E-state index < -0.39 is 0 Å². The third-order valence-electron chi connectivity index (χ3n) is 3.61. The van der Waals surface area contributed by atoms with Gasteiger partial charge in [-0.3, -0.25) is 9.69 Å². The second-order valence-electron chi connectivity index (χ2n) is 4.46. The molecule has 0 radical (unpaired) electrons. The van der Waals surface area contributed by atoms with Crippen molar-refractivity contribution >= 4 is 11.9 Å². The Morgan fingerprint density at radius 1 is 1.25 bits per heavy atom. The Kier molecular flexibility index (Phi) is 4.33. The van der Waals surface area contributed by atoms with Crippen LogP contribution < -0.4 is 5.32 Å². The van der Waals surface area contributed by atoms with Crippen LogP contribution in [0.1, 0.15) is 46.5 Å². The maximum Gasteiger partial charge on any atom is 0.324 e. The summed E-state index contributed by atoms with van der Waals surface area (Å²) in [5, 5.41) is 2.83. The van der Waals surface area contributed by atoms with Gasteiger partial charge in [-0.25, -0.2) is 4.79 Å². The van der Waals surface area contributed by atoms with E-state index in [1.54, 1.807) is 0 Å². The van der Waals surface area contributed by atoms with Crippen molar-refractivity contribution in [3.8, 4) is 0 Å². The first-order valence-electron chi connectivity index (χ1n) is 6.21. The number of nitrogens with zero attached hydrogens (tertiary/aromatic N) is 1. The predicted molar refractivity (Wildman–Crippen MR) is 63.0 cm³/mol. The molecule has 0 saturated carbocycles. The minimum absolute atomic E-state index is 0.00898. The van der Waals surface area contributed by atoms with Gasteiger partial charge in [-0.1, -0.05) is 27.2 Å². The molecule has 0 aromatic rings. The molecule has 1 aliphatic heterocycles. The minimum Gasteiger partial charge on any atom is -0.337 e. The van der Waals surface area contributed by atoms with E-state index in [-0.39, 0.29) is 17.4 Å². The van der Waals surface area contributed by atoms with Crippen molar-refractivity contribution in [2.45, 2.75) is 46.5 Å². The molecule has 4 nitrogen and oxygen atoms in total. The number of hydrogen-bond acceptors (Lipinski definition) is 2. The van der Waals surface area contributed by atoms with Crippen LogP contribution in [0.3, 0.4) is 0 Å². The Morgan fingerprint density at radius 3 is 2.38 bits per heavy atom. The zero-order valence-electron chi connectivity index (χ0n) is 10.5. The first-order valence-corrected chi connectivity index (χ1v) is 6.21. The summed E-state index contributed by atoms with van der Waals surface area (Å²) in [7, 11) is 0. The van der Waals surface area contributed by atoms with E-state index in [0.29, 0.717) is 13.1 Å². The van der Waals surface area contributed by atoms with Gasteiger partial charge in [-0.15, -0.1) is 0 Å². The molecule has 92 valence electrons. The lowest BCUT2D eigenvalue weighted by molar-refractivity contribution is -0.141. The molecule has 1 N–H and O–H groups in total. The highest BCUT2D eigenvalue weighted by Crippen LogP contribution is 2.31. The highest BCUT2D eigenvalue weighted by Gasteiger charge is 2.44. The highest BCUT2D eigenvalue weighted by molar-refractivity contribution is 6.00. The number of amides is 3. The maximum absolute atomic E-state index is 12.3. The quantitative estimate of drug-likeness (QED) is 0.780. The topological polar surface area (TPSA) is 49.4 Å². The summed E-state index contributed by atoms with van der Waals surface area (Å²) in [4.78, 5) is 25.3. The van der Waals surface area contributed by atoms with Crippen LogP contribution in [0.2, 0.25) is 0 Å². The molecule has 0 unspecified atom stereocenters. The highest BCUT2D eigenvalue weighted by atomic mass is 16.2. The zero-order chi connectivity index (χ0) is 12.2. The van der Waals surface area contributed by atoms with Gasteiger partial charge in [0.15, 0.2) is 0 Å². The third-order valence-corrected chi connectivity index (χ3v) is 3.61. The number of carbonyl (C=O) groups is 2. The van der Waals surface area contributed by atoms with Gasteiger partial charge in [0.25, 0.3) is 0 Å². The lowest BCUT2D eigenvalue weighted by Gasteiger charge is -2.40. The molecular weight excluding hydrogens is 204 g/mol. The Labute approximate surface area is 97.4 Å². The molecule has 4 heteroatoms. The zero-order valence-corrected chi connectivity index (χ0v) is 10.5. The van der Waals surface area contributed by atoms with Crippen LogP contribution >= 0.6 is 0 Å². The van der Waals surface area contributed by atoms with Crippen LogP contribution in [0.4, 0.5) is 4.79 Å². The summed E-state index contributed by atoms with van der Waals surface area (Å²) in [5.74, 6) is 0.00898. The van der Waals surface area contributed by atoms with Gasteiger partial charge in [0.2, 0.25) is 5.91 Å². The number of urea groups is 1. The summed E-state index contributed by atoms with van der Waals surface area (Å²) in [6.45, 7) is 7.11. The fourth-order valence-corrected chi connectivity index (χ4v) is 2.12. The summed E-state index contributed by atoms with van der Waals surface area (Å²) in [6, 6.07) is -0.226. The van der Waals surface area contributed by atoms with E-state index in [1.165, 1.54) is 4.90 Å². The van der Waals surface area contributed by atoms with E-state index in [9.17, 15) is 9.59 Å². The van der Waals surface area contributed by atoms with E-state index >= 15 is 0 Å². The molecular formula is C12H22N2O2. The fraction of sp³-hybridized carbons (Fsp3) is 0.833. The Morgan fingerprint density at radius 2 is 1.88 bits per heavy atom. The molecule has 0 aliphatic carbocycles. The molecule has 1 rings (SSSR count). The van der Waals surface area contributed by atoms with Crippen molar-refractivity contribution < 1.29 is 9.59 Å². The van der Waals surface area contributed by atoms with Crippen molar-refractivity contribution in [1.82, 2.24) is 10.2 Å². The molecule has 1 aliphatic rings. The molecule has 0 atom stereocenters. The first-order chi connectivity index (χ1) is 7.61. The van der Waals surface area contributed by atoms with Crippen molar-refractivity contribution in [3.05, 3.63) is 0 Å². The van der Waals surface area contributed by atoms with E-state index in [1.807, 2.05) is 13.8 Å². The van der Waals surface area contributed by atoms with E-state index in [0.717, 1.165) is 25.7 Å². The second kappa shape index (κ2) is 5.32. The van der Waals surface area contributed by atoms with Gasteiger partial charge in [-0.05, 0) is 19.3 Å². The fourth-order valence-electron chi connectivity index (χ4n) is 2.12. The van der Waals surface area contributed by atoms with E-state index in [2.05, 4.69) is 12.2 Å². The number of imide groups is 1. The Balaban J connectivity index is 2.81. The average Bonchev–Trinajstić information content (AvgIpc) is 2.30. The van der Waals surface area contributed by atoms with E-state index in [4.69, 9.17) is 0 Å². The maximum atomic E-state index is 12.3. The second-order valence-corrected chi connectivity index (χ2v) is 4.46. The molecule has 0 aromatic heterocycles. The van der Waals surface area contributed by atoms with Crippen LogP contribution in [0, 0.1) is 5.41 Å². The van der Waals surface area contributed by atoms with Crippen molar-refractivity contribution in [2.75, 3.05) is 13.1 Å². The summed E-state index contributed by atoms with van der Waals surface area (Å²) >= 11 is 0. The van der Waals surface area contributed by atoms with Crippen molar-refractivity contribution in [3.63, 3.8) is 0 Å². The minimum atomic E-state index is -0.373. The number of carbonyl (C=O) groups excluding carboxylic acids is 2. The molecule has 3 amide bonds. The molecule has 1 saturated heterocycles. The lowest BCUT2D eigenvalue weighted by Crippen LogP contribution is -2.60. The number of hydrogen-bond donors (Lipinski definition) is 1. The molecule has 16 heavy (non-hydrogen) atoms. The lowest BCUT2D eigenvalue weighted by atomic mass is 9.79. The van der Waals surface area contributed by atoms with Gasteiger partial charge in [0.1, 0.15) is 0 Å². The molecule has 0 bridgehead atoms. The normalized spacial score (nSPS) is 19.8. The van der Waals surface area contributed by atoms with Gasteiger partial charge in [0, 0.05) is 13.1 Å². The van der Waals surface area contributed by atoms with Gasteiger partial charge in [-0.2, -0.15) is 0 Å². The summed E-state index contributed by atoms with van der Waals surface area (Å²) < 4.78 is 0. The van der Waals surface area contributed by atoms with Gasteiger partial charge >= 0.3 is 6.03 Å². The monoisotopic (exact) mass is 226 g/mol. The molecule has 1 heterocycles. The molecule has 0 spiro atoms. The molecule has 0 aromatic carbocycles. The van der Waals surface area contributed by atoms with Crippen LogP contribution in [0.15, 0.2) is 0 Å². The van der Waals surface area contributed by atoms with Crippen molar-refractivity contribution in [1.29, 1.82) is 0 Å². The average molecular weight is 226 g/mol. The standard InChI is InChI=1S/C12H22N2O2/c1-4-7-8-14-10(15)12(5-2,6-3)9-13-11(14)16/h4-9H2,1-3H3,(H,13,16). The van der Waals surface area contributed by atoms with Gasteiger partial charge < -0.3 is 5.32 Å². The smallest absolute Gasteiger partial charge is 0.324 e. The first kappa shape index (κ1) is 13.0. The summed E-state index contributed by atoms with van der Waals surface area (Å²) in [5.41, 5.74) is -0.373. The van der Waals surface area contributed by atoms with Crippen LogP contribution in [0.25, 0.3) is 0 Å². The molecule has 1 fully saturated rings. The van der Waals surface area contributed by atoms with Crippen molar-refractivity contribution in [2.24, 2.45) is 5.41 Å². The van der Waals surface area contributed by atoms with Crippen LogP contribution in [0.5, 0.6) is 0 Å². The number of unbranched alkanes of at least 4 members (excludes halogenated alkanes) is 1. The number of rotatable bonds is 5. The predicted octanol–water partition coefficient (Wildman–Crippen LogP) is 2.14. The largest absolute Gasteiger partial charge is 0.337 e. The Hall–Kier alpha value is -1.06.